The number of rotatable bonds is 11. The van der Waals surface area contributed by atoms with Gasteiger partial charge in [-0.25, -0.2) is 0 Å². The third kappa shape index (κ3) is 9.23. The summed E-state index contributed by atoms with van der Waals surface area (Å²) in [7, 11) is 0. The molecule has 0 saturated heterocycles. The van der Waals surface area contributed by atoms with Crippen LogP contribution in [0.1, 0.15) is 26.0 Å². The first-order chi connectivity index (χ1) is 10.7. The lowest BCUT2D eigenvalue weighted by atomic mass is 10.2. The van der Waals surface area contributed by atoms with Gasteiger partial charge in [0.05, 0.1) is 6.26 Å². The predicted molar refractivity (Wildman–Crippen MR) is 91.2 cm³/mol. The van der Waals surface area contributed by atoms with Gasteiger partial charge < -0.3 is 19.8 Å². The van der Waals surface area contributed by atoms with Crippen molar-refractivity contribution in [2.24, 2.45) is 10.9 Å². The molecule has 0 aliphatic heterocycles. The zero-order chi connectivity index (χ0) is 16.0. The zero-order valence-electron chi connectivity index (χ0n) is 13.8. The summed E-state index contributed by atoms with van der Waals surface area (Å²) < 4.78 is 10.9. The molecule has 0 amide bonds. The highest BCUT2D eigenvalue weighted by Crippen LogP contribution is 1.99. The van der Waals surface area contributed by atoms with E-state index >= 15 is 0 Å². The molecule has 1 heterocycles. The Hall–Kier alpha value is -1.75. The van der Waals surface area contributed by atoms with E-state index in [9.17, 15) is 0 Å². The Kier molecular flexibility index (Phi) is 9.87. The molecule has 124 valence electrons. The second kappa shape index (κ2) is 11.9. The van der Waals surface area contributed by atoms with E-state index in [4.69, 9.17) is 9.15 Å². The molecular weight excluding hydrogens is 278 g/mol. The first kappa shape index (κ1) is 18.3. The number of nitrogens with one attached hydrogen (secondary N) is 2. The number of ether oxygens (including phenoxy) is 1. The van der Waals surface area contributed by atoms with E-state index in [0.29, 0.717) is 12.5 Å². The van der Waals surface area contributed by atoms with Crippen molar-refractivity contribution < 1.29 is 9.15 Å². The van der Waals surface area contributed by atoms with Crippen LogP contribution >= 0.6 is 0 Å². The summed E-state index contributed by atoms with van der Waals surface area (Å²) in [6.07, 6.45) is 5.26. The standard InChI is InChI=1S/C17H29N3O2/c1-4-9-18-17(19-10-6-12-21-14-15(2)3)20-11-8-16-7-5-13-22-16/h4-5,7,13,15H,1,6,8-12,14H2,2-3H3,(H2,18,19,20). The Bertz CT molecular complexity index is 414. The largest absolute Gasteiger partial charge is 0.469 e. The van der Waals surface area contributed by atoms with Crippen molar-refractivity contribution in [1.29, 1.82) is 0 Å². The third-order valence-electron chi connectivity index (χ3n) is 2.83. The second-order valence-corrected chi connectivity index (χ2v) is 5.48. The van der Waals surface area contributed by atoms with Crippen LogP contribution in [-0.2, 0) is 11.2 Å². The fraction of sp³-hybridized carbons (Fsp3) is 0.588. The maximum absolute atomic E-state index is 5.55. The van der Waals surface area contributed by atoms with Gasteiger partial charge in [0, 0.05) is 39.3 Å². The highest BCUT2D eigenvalue weighted by molar-refractivity contribution is 5.79. The average molecular weight is 307 g/mol. The number of furan rings is 1. The van der Waals surface area contributed by atoms with Gasteiger partial charge >= 0.3 is 0 Å². The summed E-state index contributed by atoms with van der Waals surface area (Å²) in [6, 6.07) is 3.87. The van der Waals surface area contributed by atoms with Crippen molar-refractivity contribution in [2.45, 2.75) is 26.7 Å². The number of nitrogens with zero attached hydrogens (tertiary/aromatic N) is 1. The van der Waals surface area contributed by atoms with Crippen molar-refractivity contribution in [3.63, 3.8) is 0 Å². The molecule has 1 aromatic rings. The van der Waals surface area contributed by atoms with E-state index in [0.717, 1.165) is 50.9 Å². The molecule has 1 rings (SSSR count). The molecular formula is C17H29N3O2. The van der Waals surface area contributed by atoms with Gasteiger partial charge in [-0.2, -0.15) is 0 Å². The van der Waals surface area contributed by atoms with E-state index in [-0.39, 0.29) is 0 Å². The van der Waals surface area contributed by atoms with Crippen LogP contribution in [0.15, 0.2) is 40.5 Å². The number of aliphatic imine (C=N–C) groups is 1. The average Bonchev–Trinajstić information content (AvgIpc) is 3.00. The molecule has 0 atom stereocenters. The quantitative estimate of drug-likeness (QED) is 0.285. The van der Waals surface area contributed by atoms with Gasteiger partial charge in [0.25, 0.3) is 0 Å². The first-order valence-electron chi connectivity index (χ1n) is 7.95. The molecule has 22 heavy (non-hydrogen) atoms. The Morgan fingerprint density at radius 2 is 2.32 bits per heavy atom. The predicted octanol–water partition coefficient (Wildman–Crippen LogP) is 2.61. The van der Waals surface area contributed by atoms with Gasteiger partial charge in [0.1, 0.15) is 5.76 Å². The van der Waals surface area contributed by atoms with Crippen LogP contribution in [0.2, 0.25) is 0 Å². The lowest BCUT2D eigenvalue weighted by Gasteiger charge is -2.11. The molecule has 0 aliphatic carbocycles. The van der Waals surface area contributed by atoms with Crippen molar-refractivity contribution in [1.82, 2.24) is 10.6 Å². The van der Waals surface area contributed by atoms with E-state index < -0.39 is 0 Å². The summed E-state index contributed by atoms with van der Waals surface area (Å²) >= 11 is 0. The highest BCUT2D eigenvalue weighted by Gasteiger charge is 1.99. The molecule has 0 unspecified atom stereocenters. The lowest BCUT2D eigenvalue weighted by Crippen LogP contribution is -2.38. The van der Waals surface area contributed by atoms with Crippen LogP contribution in [0.4, 0.5) is 0 Å². The van der Waals surface area contributed by atoms with Gasteiger partial charge in [-0.3, -0.25) is 4.99 Å². The number of guanidine groups is 1. The maximum Gasteiger partial charge on any atom is 0.191 e. The summed E-state index contributed by atoms with van der Waals surface area (Å²) in [5.41, 5.74) is 0. The Labute approximate surface area is 133 Å². The number of hydrogen-bond donors (Lipinski definition) is 2. The molecule has 0 radical (unpaired) electrons. The van der Waals surface area contributed by atoms with Crippen molar-refractivity contribution >= 4 is 5.96 Å². The van der Waals surface area contributed by atoms with Gasteiger partial charge in [-0.05, 0) is 24.5 Å². The van der Waals surface area contributed by atoms with Crippen LogP contribution in [-0.4, -0.2) is 38.8 Å². The minimum absolute atomic E-state index is 0.580. The molecule has 2 N–H and O–H groups in total. The minimum Gasteiger partial charge on any atom is -0.469 e. The first-order valence-corrected chi connectivity index (χ1v) is 7.95. The summed E-state index contributed by atoms with van der Waals surface area (Å²) in [4.78, 5) is 4.53. The Morgan fingerprint density at radius 1 is 1.45 bits per heavy atom. The van der Waals surface area contributed by atoms with Crippen LogP contribution in [0.3, 0.4) is 0 Å². The Morgan fingerprint density at radius 3 is 3.00 bits per heavy atom. The SMILES string of the molecule is C=CCNC(=NCCCOCC(C)C)NCCc1ccco1. The van der Waals surface area contributed by atoms with Gasteiger partial charge in [0.15, 0.2) is 5.96 Å². The monoisotopic (exact) mass is 307 g/mol. The fourth-order valence-corrected chi connectivity index (χ4v) is 1.78. The molecule has 5 heteroatoms. The summed E-state index contributed by atoms with van der Waals surface area (Å²) in [5.74, 6) is 2.35. The van der Waals surface area contributed by atoms with Crippen molar-refractivity contribution in [3.05, 3.63) is 36.8 Å². The molecule has 0 aliphatic rings. The highest BCUT2D eigenvalue weighted by atomic mass is 16.5. The van der Waals surface area contributed by atoms with Crippen LogP contribution in [0.25, 0.3) is 0 Å². The van der Waals surface area contributed by atoms with Crippen LogP contribution in [0.5, 0.6) is 0 Å². The second-order valence-electron chi connectivity index (χ2n) is 5.48. The third-order valence-corrected chi connectivity index (χ3v) is 2.83. The summed E-state index contributed by atoms with van der Waals surface area (Å²) in [6.45, 7) is 11.8. The fourth-order valence-electron chi connectivity index (χ4n) is 1.78. The van der Waals surface area contributed by atoms with Crippen molar-refractivity contribution in [2.75, 3.05) is 32.8 Å². The van der Waals surface area contributed by atoms with E-state index in [1.54, 1.807) is 6.26 Å². The van der Waals surface area contributed by atoms with E-state index in [1.165, 1.54) is 0 Å². The molecule has 0 bridgehead atoms. The molecule has 0 fully saturated rings. The smallest absolute Gasteiger partial charge is 0.191 e. The minimum atomic E-state index is 0.580. The maximum atomic E-state index is 5.55. The molecule has 0 aromatic carbocycles. The molecule has 0 saturated carbocycles. The normalized spacial score (nSPS) is 11.7. The van der Waals surface area contributed by atoms with Gasteiger partial charge in [-0.15, -0.1) is 6.58 Å². The van der Waals surface area contributed by atoms with E-state index in [1.807, 2.05) is 18.2 Å². The lowest BCUT2D eigenvalue weighted by molar-refractivity contribution is 0.109. The Balaban J connectivity index is 2.22. The van der Waals surface area contributed by atoms with Gasteiger partial charge in [-0.1, -0.05) is 19.9 Å². The van der Waals surface area contributed by atoms with Crippen molar-refractivity contribution in [3.8, 4) is 0 Å². The molecule has 0 spiro atoms. The zero-order valence-corrected chi connectivity index (χ0v) is 13.8. The summed E-state index contributed by atoms with van der Waals surface area (Å²) in [5, 5.41) is 6.50. The van der Waals surface area contributed by atoms with E-state index in [2.05, 4.69) is 36.1 Å². The van der Waals surface area contributed by atoms with Crippen LogP contribution < -0.4 is 10.6 Å². The molecule has 5 nitrogen and oxygen atoms in total. The molecule has 1 aromatic heterocycles. The van der Waals surface area contributed by atoms with Crippen LogP contribution in [0, 0.1) is 5.92 Å². The van der Waals surface area contributed by atoms with Gasteiger partial charge in [0.2, 0.25) is 0 Å². The topological polar surface area (TPSA) is 58.8 Å². The number of hydrogen-bond acceptors (Lipinski definition) is 3.